The number of sulfonamides is 1. The average Bonchev–Trinajstić information content (AvgIpc) is 2.77. The van der Waals surface area contributed by atoms with Gasteiger partial charge in [0.25, 0.3) is 0 Å². The lowest BCUT2D eigenvalue weighted by Crippen LogP contribution is -2.24. The number of aromatic nitrogens is 3. The van der Waals surface area contributed by atoms with Gasteiger partial charge in [0.1, 0.15) is 4.90 Å². The van der Waals surface area contributed by atoms with Gasteiger partial charge in [0.15, 0.2) is 0 Å². The lowest BCUT2D eigenvalue weighted by molar-refractivity contribution is 0.580. The Labute approximate surface area is 122 Å². The van der Waals surface area contributed by atoms with Crippen LogP contribution in [-0.2, 0) is 30.0 Å². The number of hydrogen-bond donors (Lipinski definition) is 1. The number of aryl methyl sites for hydroxylation is 2. The number of halogens is 1. The number of hydrogen-bond acceptors (Lipinski definition) is 4. The summed E-state index contributed by atoms with van der Waals surface area (Å²) in [5, 5.41) is 4.41. The van der Waals surface area contributed by atoms with Crippen LogP contribution in [0.15, 0.2) is 29.6 Å². The molecule has 0 saturated heterocycles. The molecule has 0 aromatic carbocycles. The van der Waals surface area contributed by atoms with Crippen LogP contribution in [-0.4, -0.2) is 23.2 Å². The van der Waals surface area contributed by atoms with E-state index in [0.717, 1.165) is 17.7 Å². The molecule has 1 N–H and O–H groups in total. The molecule has 0 amide bonds. The van der Waals surface area contributed by atoms with Crippen molar-refractivity contribution in [2.24, 2.45) is 7.05 Å². The van der Waals surface area contributed by atoms with Crippen molar-refractivity contribution < 1.29 is 8.42 Å². The Balaban J connectivity index is 2.20. The van der Waals surface area contributed by atoms with E-state index >= 15 is 0 Å². The number of nitrogens with zero attached hydrogens (tertiary/aromatic N) is 3. The van der Waals surface area contributed by atoms with Gasteiger partial charge in [0, 0.05) is 37.7 Å². The second-order valence-corrected chi connectivity index (χ2v) is 6.40. The van der Waals surface area contributed by atoms with Crippen LogP contribution in [0.3, 0.4) is 0 Å². The van der Waals surface area contributed by atoms with Crippen molar-refractivity contribution >= 4 is 21.6 Å². The maximum Gasteiger partial charge on any atom is 0.243 e. The van der Waals surface area contributed by atoms with Crippen molar-refractivity contribution in [3.05, 3.63) is 40.9 Å². The third kappa shape index (κ3) is 3.17. The highest BCUT2D eigenvalue weighted by molar-refractivity contribution is 7.89. The summed E-state index contributed by atoms with van der Waals surface area (Å²) < 4.78 is 28.5. The van der Waals surface area contributed by atoms with Crippen LogP contribution in [0.4, 0.5) is 0 Å². The minimum Gasteiger partial charge on any atom is -0.275 e. The molecule has 0 saturated carbocycles. The van der Waals surface area contributed by atoms with E-state index in [1.165, 1.54) is 18.5 Å². The molecule has 0 atom stereocenters. The van der Waals surface area contributed by atoms with Crippen molar-refractivity contribution in [2.45, 2.75) is 24.8 Å². The Hall–Kier alpha value is -1.44. The lowest BCUT2D eigenvalue weighted by Gasteiger charge is -2.07. The molecule has 0 fully saturated rings. The maximum atomic E-state index is 12.2. The summed E-state index contributed by atoms with van der Waals surface area (Å²) in [5.41, 5.74) is 1.71. The largest absolute Gasteiger partial charge is 0.275 e. The molecule has 0 spiro atoms. The van der Waals surface area contributed by atoms with E-state index in [0.29, 0.717) is 0 Å². The zero-order valence-electron chi connectivity index (χ0n) is 11.2. The van der Waals surface area contributed by atoms with Gasteiger partial charge in [0.2, 0.25) is 10.0 Å². The highest BCUT2D eigenvalue weighted by Gasteiger charge is 2.18. The first-order chi connectivity index (χ1) is 9.44. The van der Waals surface area contributed by atoms with Gasteiger partial charge in [-0.1, -0.05) is 18.5 Å². The van der Waals surface area contributed by atoms with Gasteiger partial charge in [-0.3, -0.25) is 9.67 Å². The summed E-state index contributed by atoms with van der Waals surface area (Å²) >= 11 is 5.88. The van der Waals surface area contributed by atoms with Gasteiger partial charge in [-0.25, -0.2) is 13.1 Å². The number of nitrogens with one attached hydrogen (secondary N) is 1. The zero-order chi connectivity index (χ0) is 14.8. The first kappa shape index (κ1) is 15.0. The van der Waals surface area contributed by atoms with Crippen molar-refractivity contribution in [3.63, 3.8) is 0 Å². The van der Waals surface area contributed by atoms with E-state index < -0.39 is 10.0 Å². The fraction of sp³-hybridized carbons (Fsp3) is 0.333. The van der Waals surface area contributed by atoms with Crippen molar-refractivity contribution in [2.75, 3.05) is 0 Å². The van der Waals surface area contributed by atoms with Crippen LogP contribution in [0.25, 0.3) is 0 Å². The molecule has 0 radical (unpaired) electrons. The van der Waals surface area contributed by atoms with Gasteiger partial charge < -0.3 is 0 Å². The van der Waals surface area contributed by atoms with Crippen LogP contribution in [0.5, 0.6) is 0 Å². The molecule has 0 bridgehead atoms. The predicted molar refractivity (Wildman–Crippen MR) is 75.9 cm³/mol. The fourth-order valence-electron chi connectivity index (χ4n) is 1.84. The van der Waals surface area contributed by atoms with Crippen molar-refractivity contribution in [1.29, 1.82) is 0 Å². The molecular weight excluding hydrogens is 300 g/mol. The van der Waals surface area contributed by atoms with E-state index in [1.54, 1.807) is 17.9 Å². The van der Waals surface area contributed by atoms with E-state index in [2.05, 4.69) is 14.8 Å². The normalized spacial score (nSPS) is 11.8. The van der Waals surface area contributed by atoms with E-state index in [4.69, 9.17) is 11.6 Å². The highest BCUT2D eigenvalue weighted by atomic mass is 35.5. The lowest BCUT2D eigenvalue weighted by atomic mass is 10.2. The Kier molecular flexibility index (Phi) is 4.42. The Bertz CT molecular complexity index is 712. The maximum absolute atomic E-state index is 12.2. The minimum atomic E-state index is -3.69. The Morgan fingerprint density at radius 2 is 2.20 bits per heavy atom. The van der Waals surface area contributed by atoms with Crippen LogP contribution >= 0.6 is 11.6 Å². The molecular formula is C12H15ClN4O2S. The van der Waals surface area contributed by atoms with Crippen molar-refractivity contribution in [1.82, 2.24) is 19.5 Å². The Morgan fingerprint density at radius 1 is 1.45 bits per heavy atom. The van der Waals surface area contributed by atoms with Crippen molar-refractivity contribution in [3.8, 4) is 0 Å². The first-order valence-corrected chi connectivity index (χ1v) is 7.90. The van der Waals surface area contributed by atoms with Gasteiger partial charge in [0.05, 0.1) is 10.7 Å². The molecule has 2 rings (SSSR count). The fourth-order valence-corrected chi connectivity index (χ4v) is 3.28. The predicted octanol–water partition coefficient (Wildman–Crippen LogP) is 1.51. The smallest absolute Gasteiger partial charge is 0.243 e. The van der Waals surface area contributed by atoms with E-state index in [1.807, 2.05) is 6.92 Å². The van der Waals surface area contributed by atoms with E-state index in [-0.39, 0.29) is 16.5 Å². The standard InChI is InChI=1S/C12H15ClN4O2S/c1-3-11-9(8-17(2)16-11)6-15-20(18,19)12-7-14-5-4-10(12)13/h4-5,7-8,15H,3,6H2,1-2H3. The number of pyridine rings is 1. The molecule has 2 heterocycles. The average molecular weight is 315 g/mol. The molecule has 8 heteroatoms. The molecule has 108 valence electrons. The summed E-state index contributed by atoms with van der Waals surface area (Å²) in [6.07, 6.45) is 5.21. The molecule has 6 nitrogen and oxygen atoms in total. The molecule has 0 aliphatic heterocycles. The second-order valence-electron chi connectivity index (χ2n) is 4.26. The van der Waals surface area contributed by atoms with Gasteiger partial charge in [-0.05, 0) is 12.5 Å². The molecule has 20 heavy (non-hydrogen) atoms. The summed E-state index contributed by atoms with van der Waals surface area (Å²) in [5.74, 6) is 0. The molecule has 0 unspecified atom stereocenters. The summed E-state index contributed by atoms with van der Waals surface area (Å²) in [7, 11) is -1.89. The van der Waals surface area contributed by atoms with Crippen LogP contribution < -0.4 is 4.72 Å². The summed E-state index contributed by atoms with van der Waals surface area (Å²) in [6.45, 7) is 2.14. The van der Waals surface area contributed by atoms with Crippen LogP contribution in [0, 0.1) is 0 Å². The monoisotopic (exact) mass is 314 g/mol. The third-order valence-corrected chi connectivity index (χ3v) is 4.67. The summed E-state index contributed by atoms with van der Waals surface area (Å²) in [6, 6.07) is 1.44. The van der Waals surface area contributed by atoms with Crippen LogP contribution in [0.2, 0.25) is 5.02 Å². The molecule has 0 aliphatic carbocycles. The van der Waals surface area contributed by atoms with E-state index in [9.17, 15) is 8.42 Å². The van der Waals surface area contributed by atoms with Gasteiger partial charge >= 0.3 is 0 Å². The SMILES string of the molecule is CCc1nn(C)cc1CNS(=O)(=O)c1cnccc1Cl. The molecule has 0 aliphatic rings. The number of rotatable bonds is 5. The molecule has 2 aromatic heterocycles. The van der Waals surface area contributed by atoms with Gasteiger partial charge in [-0.15, -0.1) is 0 Å². The third-order valence-electron chi connectivity index (χ3n) is 2.80. The minimum absolute atomic E-state index is 0.0244. The second kappa shape index (κ2) is 5.90. The summed E-state index contributed by atoms with van der Waals surface area (Å²) in [4.78, 5) is 3.76. The van der Waals surface area contributed by atoms with Gasteiger partial charge in [-0.2, -0.15) is 5.10 Å². The topological polar surface area (TPSA) is 76.9 Å². The Morgan fingerprint density at radius 3 is 2.85 bits per heavy atom. The van der Waals surface area contributed by atoms with Crippen LogP contribution in [0.1, 0.15) is 18.2 Å². The highest BCUT2D eigenvalue weighted by Crippen LogP contribution is 2.19. The molecule has 2 aromatic rings. The zero-order valence-corrected chi connectivity index (χ0v) is 12.7. The first-order valence-electron chi connectivity index (χ1n) is 6.04. The quantitative estimate of drug-likeness (QED) is 0.907.